The molecule has 1 N–H and O–H groups in total. The number of amides is 1. The maximum absolute atomic E-state index is 13.0. The number of ether oxygens (including phenoxy) is 2. The Bertz CT molecular complexity index is 922. The van der Waals surface area contributed by atoms with E-state index >= 15 is 0 Å². The lowest BCUT2D eigenvalue weighted by Crippen LogP contribution is -2.45. The van der Waals surface area contributed by atoms with E-state index in [4.69, 9.17) is 9.47 Å². The van der Waals surface area contributed by atoms with Crippen LogP contribution in [0.3, 0.4) is 0 Å². The maximum atomic E-state index is 13.0. The first-order chi connectivity index (χ1) is 16.7. The van der Waals surface area contributed by atoms with Gasteiger partial charge in [-0.05, 0) is 83.3 Å². The molecule has 0 aromatic heterocycles. The third-order valence-corrected chi connectivity index (χ3v) is 6.75. The maximum Gasteiger partial charge on any atom is 0.408 e. The van der Waals surface area contributed by atoms with Crippen molar-refractivity contribution in [2.24, 2.45) is 11.8 Å². The summed E-state index contributed by atoms with van der Waals surface area (Å²) >= 11 is 0. The molecule has 5 heteroatoms. The largest absolute Gasteiger partial charge is 0.461 e. The number of nitrogens with one attached hydrogen (secondary N) is 1. The predicted molar refractivity (Wildman–Crippen MR) is 139 cm³/mol. The van der Waals surface area contributed by atoms with Crippen LogP contribution in [0.1, 0.15) is 70.9 Å². The van der Waals surface area contributed by atoms with E-state index in [2.05, 4.69) is 59.9 Å². The molecule has 2 aromatic rings. The van der Waals surface area contributed by atoms with E-state index in [0.717, 1.165) is 38.5 Å². The highest BCUT2D eigenvalue weighted by Gasteiger charge is 2.34. The molecule has 190 valence electrons. The van der Waals surface area contributed by atoms with Gasteiger partial charge in [-0.25, -0.2) is 9.59 Å². The van der Waals surface area contributed by atoms with Crippen molar-refractivity contribution in [2.45, 2.75) is 90.4 Å². The van der Waals surface area contributed by atoms with Gasteiger partial charge < -0.3 is 14.8 Å². The van der Waals surface area contributed by atoms with E-state index in [1.807, 2.05) is 33.8 Å². The van der Waals surface area contributed by atoms with Crippen molar-refractivity contribution < 1.29 is 19.1 Å². The van der Waals surface area contributed by atoms with Crippen molar-refractivity contribution in [3.05, 3.63) is 71.8 Å². The first-order valence-electron chi connectivity index (χ1n) is 13.0. The molecule has 35 heavy (non-hydrogen) atoms. The second kappa shape index (κ2) is 12.8. The van der Waals surface area contributed by atoms with Crippen molar-refractivity contribution in [3.8, 4) is 0 Å². The zero-order valence-electron chi connectivity index (χ0n) is 21.7. The second-order valence-corrected chi connectivity index (χ2v) is 10.8. The summed E-state index contributed by atoms with van der Waals surface area (Å²) in [6.45, 7) is 7.44. The van der Waals surface area contributed by atoms with Gasteiger partial charge in [-0.1, -0.05) is 67.1 Å². The Hall–Kier alpha value is -2.82. The summed E-state index contributed by atoms with van der Waals surface area (Å²) in [4.78, 5) is 25.4. The molecule has 0 unspecified atom stereocenters. The van der Waals surface area contributed by atoms with Gasteiger partial charge in [0.2, 0.25) is 0 Å². The molecular weight excluding hydrogens is 438 g/mol. The predicted octanol–water partition coefficient (Wildman–Crippen LogP) is 6.49. The molecule has 0 bridgehead atoms. The molecule has 5 nitrogen and oxygen atoms in total. The third-order valence-electron chi connectivity index (χ3n) is 6.75. The smallest absolute Gasteiger partial charge is 0.408 e. The van der Waals surface area contributed by atoms with Gasteiger partial charge >= 0.3 is 12.1 Å². The quantitative estimate of drug-likeness (QED) is 0.461. The highest BCUT2D eigenvalue weighted by atomic mass is 16.6. The van der Waals surface area contributed by atoms with Gasteiger partial charge in [-0.15, -0.1) is 0 Å². The molecule has 1 aliphatic rings. The standard InChI is InChI=1S/C30H41NO4/c1-22-26(21-24-15-9-6-10-16-24)25(18-11-17-23-13-7-5-8-14-23)19-12-20-27(28(32)34-22)31-29(33)35-30(2,3)4/h5-10,13-16,22,25-27H,11-12,17-21H2,1-4H3,(H,31,33)/t22-,25-,26-,27-/m0/s1. The molecular formula is C30H41NO4. The summed E-state index contributed by atoms with van der Waals surface area (Å²) in [5, 5.41) is 2.75. The first-order valence-corrected chi connectivity index (χ1v) is 13.0. The minimum absolute atomic E-state index is 0.220. The summed E-state index contributed by atoms with van der Waals surface area (Å²) in [5.74, 6) is 0.283. The zero-order valence-corrected chi connectivity index (χ0v) is 21.7. The SMILES string of the molecule is C[C@@H]1OC(=O)[C@@H](NC(=O)OC(C)(C)C)CCC[C@H](CCCc2ccccc2)[C@H]1Cc1ccccc1. The molecule has 0 aliphatic carbocycles. The van der Waals surface area contributed by atoms with Crippen molar-refractivity contribution in [3.63, 3.8) is 0 Å². The Balaban J connectivity index is 1.72. The summed E-state index contributed by atoms with van der Waals surface area (Å²) in [7, 11) is 0. The molecule has 2 aromatic carbocycles. The van der Waals surface area contributed by atoms with Gasteiger partial charge in [0, 0.05) is 5.92 Å². The molecule has 0 radical (unpaired) electrons. The zero-order chi connectivity index (χ0) is 25.3. The topological polar surface area (TPSA) is 64.6 Å². The molecule has 1 amide bonds. The van der Waals surface area contributed by atoms with Crippen LogP contribution >= 0.6 is 0 Å². The Morgan fingerprint density at radius 2 is 1.63 bits per heavy atom. The van der Waals surface area contributed by atoms with Gasteiger partial charge in [0.1, 0.15) is 17.7 Å². The molecule has 0 saturated carbocycles. The lowest BCUT2D eigenvalue weighted by atomic mass is 9.77. The Morgan fingerprint density at radius 3 is 2.26 bits per heavy atom. The number of hydrogen-bond donors (Lipinski definition) is 1. The van der Waals surface area contributed by atoms with Crippen molar-refractivity contribution in [2.75, 3.05) is 0 Å². The lowest BCUT2D eigenvalue weighted by molar-refractivity contribution is -0.154. The second-order valence-electron chi connectivity index (χ2n) is 10.8. The fourth-order valence-corrected chi connectivity index (χ4v) is 5.02. The van der Waals surface area contributed by atoms with Crippen LogP contribution in [0.4, 0.5) is 4.79 Å². The highest BCUT2D eigenvalue weighted by Crippen LogP contribution is 2.33. The number of carbonyl (C=O) groups excluding carboxylic acids is 2. The Labute approximate surface area is 210 Å². The van der Waals surface area contributed by atoms with Gasteiger partial charge in [0.15, 0.2) is 0 Å². The normalized spacial score (nSPS) is 23.4. The molecule has 1 fully saturated rings. The monoisotopic (exact) mass is 479 g/mol. The number of rotatable bonds is 7. The van der Waals surface area contributed by atoms with Gasteiger partial charge in [-0.3, -0.25) is 0 Å². The van der Waals surface area contributed by atoms with Crippen LogP contribution in [0.5, 0.6) is 0 Å². The number of hydrogen-bond acceptors (Lipinski definition) is 4. The Kier molecular flexibility index (Phi) is 9.76. The first kappa shape index (κ1) is 26.8. The molecule has 1 heterocycles. The van der Waals surface area contributed by atoms with Crippen LogP contribution in [-0.2, 0) is 27.1 Å². The van der Waals surface area contributed by atoms with E-state index in [0.29, 0.717) is 12.3 Å². The van der Waals surface area contributed by atoms with Crippen LogP contribution in [0.2, 0.25) is 0 Å². The number of cyclic esters (lactones) is 1. The van der Waals surface area contributed by atoms with E-state index in [1.54, 1.807) is 0 Å². The number of carbonyl (C=O) groups is 2. The summed E-state index contributed by atoms with van der Waals surface area (Å²) in [6.07, 6.45) is 5.68. The fourth-order valence-electron chi connectivity index (χ4n) is 5.02. The van der Waals surface area contributed by atoms with Gasteiger partial charge in [-0.2, -0.15) is 0 Å². The fraction of sp³-hybridized carbons (Fsp3) is 0.533. The van der Waals surface area contributed by atoms with E-state index in [1.165, 1.54) is 11.1 Å². The van der Waals surface area contributed by atoms with Crippen molar-refractivity contribution in [1.29, 1.82) is 0 Å². The van der Waals surface area contributed by atoms with Crippen LogP contribution < -0.4 is 5.32 Å². The van der Waals surface area contributed by atoms with E-state index in [9.17, 15) is 9.59 Å². The molecule has 3 rings (SSSR count). The number of esters is 1. The minimum atomic E-state index is -0.687. The van der Waals surface area contributed by atoms with Gasteiger partial charge in [0.05, 0.1) is 0 Å². The highest BCUT2D eigenvalue weighted by molar-refractivity contribution is 5.81. The summed E-state index contributed by atoms with van der Waals surface area (Å²) in [5.41, 5.74) is 2.00. The molecule has 4 atom stereocenters. The van der Waals surface area contributed by atoms with Gasteiger partial charge in [0.25, 0.3) is 0 Å². The minimum Gasteiger partial charge on any atom is -0.461 e. The number of aryl methyl sites for hydroxylation is 1. The molecule has 1 saturated heterocycles. The lowest BCUT2D eigenvalue weighted by Gasteiger charge is -2.31. The summed E-state index contributed by atoms with van der Waals surface area (Å²) in [6, 6.07) is 20.4. The van der Waals surface area contributed by atoms with Crippen molar-refractivity contribution >= 4 is 12.1 Å². The molecule has 0 spiro atoms. The van der Waals surface area contributed by atoms with Crippen LogP contribution in [-0.4, -0.2) is 29.8 Å². The average molecular weight is 480 g/mol. The average Bonchev–Trinajstić information content (AvgIpc) is 2.85. The van der Waals surface area contributed by atoms with E-state index < -0.39 is 17.7 Å². The van der Waals surface area contributed by atoms with Crippen LogP contribution in [0.25, 0.3) is 0 Å². The number of alkyl carbamates (subject to hydrolysis) is 1. The van der Waals surface area contributed by atoms with Crippen LogP contribution in [0, 0.1) is 11.8 Å². The third kappa shape index (κ3) is 9.04. The van der Waals surface area contributed by atoms with Crippen molar-refractivity contribution in [1.82, 2.24) is 5.32 Å². The Morgan fingerprint density at radius 1 is 1.00 bits per heavy atom. The van der Waals surface area contributed by atoms with E-state index in [-0.39, 0.29) is 18.0 Å². The van der Waals surface area contributed by atoms with Crippen LogP contribution in [0.15, 0.2) is 60.7 Å². The number of benzene rings is 2. The molecule has 1 aliphatic heterocycles. The summed E-state index contributed by atoms with van der Waals surface area (Å²) < 4.78 is 11.4.